The van der Waals surface area contributed by atoms with Gasteiger partial charge in [0, 0.05) is 11.9 Å². The maximum Gasteiger partial charge on any atom is 0.291 e. The minimum atomic E-state index is -0.309. The van der Waals surface area contributed by atoms with Crippen molar-refractivity contribution in [3.8, 4) is 5.69 Å². The molecule has 0 aliphatic rings. The number of benzene rings is 1. The van der Waals surface area contributed by atoms with Gasteiger partial charge in [-0.1, -0.05) is 46.8 Å². The van der Waals surface area contributed by atoms with Crippen molar-refractivity contribution < 1.29 is 4.79 Å². The van der Waals surface area contributed by atoms with Crippen molar-refractivity contribution in [2.75, 3.05) is 0 Å². The Morgan fingerprint density at radius 3 is 2.42 bits per heavy atom. The van der Waals surface area contributed by atoms with E-state index in [4.69, 9.17) is 0 Å². The summed E-state index contributed by atoms with van der Waals surface area (Å²) in [6, 6.07) is 9.99. The molecule has 0 atom stereocenters. The molecule has 0 aliphatic heterocycles. The number of amides is 1. The van der Waals surface area contributed by atoms with Gasteiger partial charge in [-0.05, 0) is 42.0 Å². The van der Waals surface area contributed by atoms with Crippen LogP contribution in [0.25, 0.3) is 5.69 Å². The number of aryl methyl sites for hydroxylation is 1. The third-order valence-electron chi connectivity index (χ3n) is 3.54. The highest BCUT2D eigenvalue weighted by molar-refractivity contribution is 5.92. The van der Waals surface area contributed by atoms with Crippen LogP contribution in [0.4, 0.5) is 0 Å². The lowest BCUT2D eigenvalue weighted by atomic mass is 9.99. The second-order valence-corrected chi connectivity index (χ2v) is 7.39. The van der Waals surface area contributed by atoms with Crippen LogP contribution in [0.1, 0.15) is 62.3 Å². The minimum Gasteiger partial charge on any atom is -0.265 e. The average Bonchev–Trinajstić information content (AvgIpc) is 2.88. The molecule has 1 N–H and O–H groups in total. The molecule has 1 aromatic carbocycles. The molecular formula is C19H26N4O. The molecule has 24 heavy (non-hydrogen) atoms. The van der Waals surface area contributed by atoms with Crippen molar-refractivity contribution in [1.82, 2.24) is 15.2 Å². The standard InChI is InChI=1S/C19H26N4O/c1-13(2)15-7-9-16(10-8-15)23-14(3)11-17(22-23)18(24)21-20-12-19(4,5)6/h7-13H,1-6H3,(H,21,24). The summed E-state index contributed by atoms with van der Waals surface area (Å²) in [5.74, 6) is 0.177. The Morgan fingerprint density at radius 2 is 1.88 bits per heavy atom. The topological polar surface area (TPSA) is 59.3 Å². The van der Waals surface area contributed by atoms with Gasteiger partial charge in [-0.3, -0.25) is 4.79 Å². The van der Waals surface area contributed by atoms with Gasteiger partial charge < -0.3 is 0 Å². The molecule has 0 saturated heterocycles. The zero-order valence-electron chi connectivity index (χ0n) is 15.3. The molecule has 0 saturated carbocycles. The van der Waals surface area contributed by atoms with E-state index in [2.05, 4.69) is 41.6 Å². The van der Waals surface area contributed by atoms with Gasteiger partial charge in [-0.15, -0.1) is 0 Å². The molecule has 2 aromatic rings. The molecule has 5 heteroatoms. The quantitative estimate of drug-likeness (QED) is 0.680. The van der Waals surface area contributed by atoms with Crippen molar-refractivity contribution in [3.63, 3.8) is 0 Å². The molecule has 128 valence electrons. The zero-order valence-corrected chi connectivity index (χ0v) is 15.3. The first-order valence-electron chi connectivity index (χ1n) is 8.19. The predicted octanol–water partition coefficient (Wildman–Crippen LogP) is 4.07. The van der Waals surface area contributed by atoms with Gasteiger partial charge >= 0.3 is 0 Å². The van der Waals surface area contributed by atoms with E-state index in [1.165, 1.54) is 5.56 Å². The lowest BCUT2D eigenvalue weighted by Crippen LogP contribution is -2.20. The summed E-state index contributed by atoms with van der Waals surface area (Å²) in [5.41, 5.74) is 5.91. The van der Waals surface area contributed by atoms with Crippen molar-refractivity contribution >= 4 is 12.1 Å². The first-order valence-corrected chi connectivity index (χ1v) is 8.19. The summed E-state index contributed by atoms with van der Waals surface area (Å²) in [4.78, 5) is 12.2. The second-order valence-electron chi connectivity index (χ2n) is 7.39. The number of carbonyl (C=O) groups excluding carboxylic acids is 1. The number of aromatic nitrogens is 2. The molecule has 0 aliphatic carbocycles. The van der Waals surface area contributed by atoms with E-state index in [1.54, 1.807) is 17.0 Å². The highest BCUT2D eigenvalue weighted by Gasteiger charge is 2.13. The fraction of sp³-hybridized carbons (Fsp3) is 0.421. The molecule has 1 aromatic heterocycles. The number of nitrogens with one attached hydrogen (secondary N) is 1. The Bertz CT molecular complexity index is 734. The van der Waals surface area contributed by atoms with Gasteiger partial charge in [-0.25, -0.2) is 10.1 Å². The molecule has 0 unspecified atom stereocenters. The number of hydrazone groups is 1. The van der Waals surface area contributed by atoms with E-state index in [0.717, 1.165) is 11.4 Å². The summed E-state index contributed by atoms with van der Waals surface area (Å²) in [5, 5.41) is 8.39. The Labute approximate surface area is 143 Å². The van der Waals surface area contributed by atoms with E-state index >= 15 is 0 Å². The van der Waals surface area contributed by atoms with E-state index in [1.807, 2.05) is 39.8 Å². The Balaban J connectivity index is 2.17. The highest BCUT2D eigenvalue weighted by atomic mass is 16.2. The van der Waals surface area contributed by atoms with Crippen LogP contribution in [0.15, 0.2) is 35.4 Å². The van der Waals surface area contributed by atoms with E-state index in [9.17, 15) is 4.79 Å². The van der Waals surface area contributed by atoms with E-state index < -0.39 is 0 Å². The van der Waals surface area contributed by atoms with Crippen LogP contribution < -0.4 is 5.43 Å². The molecule has 0 fully saturated rings. The smallest absolute Gasteiger partial charge is 0.265 e. The maximum absolute atomic E-state index is 12.2. The van der Waals surface area contributed by atoms with Crippen molar-refractivity contribution in [2.24, 2.45) is 10.5 Å². The fourth-order valence-electron chi connectivity index (χ4n) is 2.19. The largest absolute Gasteiger partial charge is 0.291 e. The van der Waals surface area contributed by atoms with Gasteiger partial charge in [0.05, 0.1) is 5.69 Å². The van der Waals surface area contributed by atoms with Crippen molar-refractivity contribution in [1.29, 1.82) is 0 Å². The number of hydrogen-bond acceptors (Lipinski definition) is 3. The van der Waals surface area contributed by atoms with Crippen LogP contribution in [0.5, 0.6) is 0 Å². The van der Waals surface area contributed by atoms with E-state index in [0.29, 0.717) is 11.6 Å². The molecule has 0 bridgehead atoms. The molecule has 2 rings (SSSR count). The van der Waals surface area contributed by atoms with Crippen LogP contribution in [-0.4, -0.2) is 21.9 Å². The van der Waals surface area contributed by atoms with Gasteiger partial charge in [-0.2, -0.15) is 10.2 Å². The van der Waals surface area contributed by atoms with Crippen LogP contribution in [0, 0.1) is 12.3 Å². The van der Waals surface area contributed by atoms with E-state index in [-0.39, 0.29) is 11.3 Å². The highest BCUT2D eigenvalue weighted by Crippen LogP contribution is 2.18. The molecule has 1 amide bonds. The summed E-state index contributed by atoms with van der Waals surface area (Å²) in [7, 11) is 0. The average molecular weight is 326 g/mol. The molecule has 5 nitrogen and oxygen atoms in total. The van der Waals surface area contributed by atoms with Gasteiger partial charge in [0.15, 0.2) is 5.69 Å². The lowest BCUT2D eigenvalue weighted by Gasteiger charge is -2.09. The van der Waals surface area contributed by atoms with Crippen molar-refractivity contribution in [2.45, 2.75) is 47.5 Å². The second kappa shape index (κ2) is 6.99. The normalized spacial score (nSPS) is 12.1. The summed E-state index contributed by atoms with van der Waals surface area (Å²) < 4.78 is 1.77. The van der Waals surface area contributed by atoms with Crippen molar-refractivity contribution in [3.05, 3.63) is 47.3 Å². The Kier molecular flexibility index (Phi) is 5.22. The molecular weight excluding hydrogens is 300 g/mol. The maximum atomic E-state index is 12.2. The summed E-state index contributed by atoms with van der Waals surface area (Å²) in [6.07, 6.45) is 1.71. The van der Waals surface area contributed by atoms with Crippen LogP contribution in [-0.2, 0) is 0 Å². The van der Waals surface area contributed by atoms with Crippen LogP contribution >= 0.6 is 0 Å². The van der Waals surface area contributed by atoms with Crippen LogP contribution in [0.3, 0.4) is 0 Å². The first-order chi connectivity index (χ1) is 11.2. The van der Waals surface area contributed by atoms with Gasteiger partial charge in [0.1, 0.15) is 0 Å². The number of carbonyl (C=O) groups is 1. The number of hydrogen-bond donors (Lipinski definition) is 1. The Morgan fingerprint density at radius 1 is 1.25 bits per heavy atom. The minimum absolute atomic E-state index is 0.0826. The predicted molar refractivity (Wildman–Crippen MR) is 97.8 cm³/mol. The SMILES string of the molecule is Cc1cc(C(=O)NN=CC(C)(C)C)nn1-c1ccc(C(C)C)cc1. The monoisotopic (exact) mass is 326 g/mol. The number of rotatable bonds is 4. The summed E-state index contributed by atoms with van der Waals surface area (Å²) >= 11 is 0. The third-order valence-corrected chi connectivity index (χ3v) is 3.54. The Hall–Kier alpha value is -2.43. The zero-order chi connectivity index (χ0) is 17.9. The first kappa shape index (κ1) is 17.9. The lowest BCUT2D eigenvalue weighted by molar-refractivity contribution is 0.0949. The summed E-state index contributed by atoms with van der Waals surface area (Å²) in [6.45, 7) is 12.3. The van der Waals surface area contributed by atoms with Gasteiger partial charge in [0.2, 0.25) is 0 Å². The molecule has 0 radical (unpaired) electrons. The van der Waals surface area contributed by atoms with Gasteiger partial charge in [0.25, 0.3) is 5.91 Å². The molecule has 1 heterocycles. The number of nitrogens with zero attached hydrogens (tertiary/aromatic N) is 3. The third kappa shape index (κ3) is 4.54. The fourth-order valence-corrected chi connectivity index (χ4v) is 2.19. The van der Waals surface area contributed by atoms with Crippen LogP contribution in [0.2, 0.25) is 0 Å². The molecule has 0 spiro atoms.